The molecule has 0 spiro atoms. The van der Waals surface area contributed by atoms with Gasteiger partial charge >= 0.3 is 0 Å². The van der Waals surface area contributed by atoms with Gasteiger partial charge in [0, 0.05) is 12.1 Å². The quantitative estimate of drug-likeness (QED) is 0.269. The Bertz CT molecular complexity index is 1070. The fraction of sp³-hybridized carbons (Fsp3) is 0.333. The fourth-order valence-corrected chi connectivity index (χ4v) is 4.03. The molecule has 0 aromatic heterocycles. The van der Waals surface area contributed by atoms with E-state index in [-0.39, 0.29) is 11.3 Å². The number of hydrogen-bond acceptors (Lipinski definition) is 5. The average molecular weight is 449 g/mol. The molecule has 6 heteroatoms. The number of likely N-dealkylation sites (tertiary alicyclic amines) is 1. The van der Waals surface area contributed by atoms with E-state index in [9.17, 15) is 14.7 Å². The highest BCUT2D eigenvalue weighted by Crippen LogP contribution is 2.40. The lowest BCUT2D eigenvalue weighted by atomic mass is 9.94. The predicted molar refractivity (Wildman–Crippen MR) is 130 cm³/mol. The number of Topliss-reactive ketones (excluding diaryl/α,β-unsaturated/α-hetero) is 1. The predicted octanol–water partition coefficient (Wildman–Crippen LogP) is 4.24. The number of rotatable bonds is 9. The van der Waals surface area contributed by atoms with Crippen LogP contribution in [0.2, 0.25) is 0 Å². The Hall–Kier alpha value is -3.38. The third-order valence-corrected chi connectivity index (χ3v) is 5.74. The number of benzene rings is 2. The highest BCUT2D eigenvalue weighted by molar-refractivity contribution is 6.46. The SMILES string of the molecule is C=CCOc1ccc(C(O)=C2C(=O)C(=O)N(CCCN(C)C)[C@@H]2c2ccc(C)cc2)cc1C. The van der Waals surface area contributed by atoms with Crippen LogP contribution in [0.5, 0.6) is 5.75 Å². The van der Waals surface area contributed by atoms with Crippen LogP contribution in [0.4, 0.5) is 0 Å². The van der Waals surface area contributed by atoms with Crippen LogP contribution in [-0.4, -0.2) is 60.4 Å². The van der Waals surface area contributed by atoms with Crippen LogP contribution in [0.25, 0.3) is 5.76 Å². The first-order valence-corrected chi connectivity index (χ1v) is 11.1. The summed E-state index contributed by atoms with van der Waals surface area (Å²) in [6, 6.07) is 12.3. The smallest absolute Gasteiger partial charge is 0.295 e. The molecule has 1 amide bonds. The molecule has 33 heavy (non-hydrogen) atoms. The molecule has 1 N–H and O–H groups in total. The number of nitrogens with zero attached hydrogens (tertiary/aromatic N) is 2. The third kappa shape index (κ3) is 5.34. The van der Waals surface area contributed by atoms with Crippen molar-refractivity contribution in [2.45, 2.75) is 26.3 Å². The highest BCUT2D eigenvalue weighted by atomic mass is 16.5. The molecule has 0 radical (unpaired) electrons. The minimum atomic E-state index is -0.660. The summed E-state index contributed by atoms with van der Waals surface area (Å²) < 4.78 is 5.62. The number of carbonyl (C=O) groups is 2. The molecule has 2 aromatic rings. The second-order valence-electron chi connectivity index (χ2n) is 8.64. The van der Waals surface area contributed by atoms with Crippen molar-refractivity contribution in [3.8, 4) is 5.75 Å². The standard InChI is InChI=1S/C27H32N2O4/c1-6-16-33-22-13-12-21(17-19(22)3)25(30)23-24(20-10-8-18(2)9-11-20)29(27(32)26(23)31)15-7-14-28(4)5/h6,8-13,17,24,30H,1,7,14-16H2,2-5H3/t24-/m1/s1. The Morgan fingerprint density at radius 3 is 2.45 bits per heavy atom. The van der Waals surface area contributed by atoms with Gasteiger partial charge in [0.2, 0.25) is 0 Å². The monoisotopic (exact) mass is 448 g/mol. The summed E-state index contributed by atoms with van der Waals surface area (Å²) in [6.45, 7) is 9.08. The Labute approximate surface area is 195 Å². The number of ketones is 1. The van der Waals surface area contributed by atoms with Gasteiger partial charge in [-0.3, -0.25) is 9.59 Å². The van der Waals surface area contributed by atoms with Crippen molar-refractivity contribution in [3.63, 3.8) is 0 Å². The number of aliphatic hydroxyl groups is 1. The minimum Gasteiger partial charge on any atom is -0.507 e. The average Bonchev–Trinajstić information content (AvgIpc) is 3.03. The van der Waals surface area contributed by atoms with E-state index in [0.717, 1.165) is 29.7 Å². The van der Waals surface area contributed by atoms with Gasteiger partial charge in [-0.05, 0) is 70.2 Å². The number of amides is 1. The minimum absolute atomic E-state index is 0.118. The van der Waals surface area contributed by atoms with E-state index in [1.54, 1.807) is 29.2 Å². The zero-order valence-corrected chi connectivity index (χ0v) is 19.8. The molecule has 1 saturated heterocycles. The lowest BCUT2D eigenvalue weighted by Gasteiger charge is -2.26. The Kier molecular flexibility index (Phi) is 7.71. The number of aliphatic hydroxyl groups excluding tert-OH is 1. The highest BCUT2D eigenvalue weighted by Gasteiger charge is 2.45. The molecule has 1 atom stereocenters. The van der Waals surface area contributed by atoms with E-state index in [4.69, 9.17) is 4.74 Å². The molecule has 3 rings (SSSR count). The Morgan fingerprint density at radius 2 is 1.85 bits per heavy atom. The molecule has 1 heterocycles. The zero-order chi connectivity index (χ0) is 24.1. The first-order chi connectivity index (χ1) is 15.7. The van der Waals surface area contributed by atoms with E-state index in [0.29, 0.717) is 24.5 Å². The summed E-state index contributed by atoms with van der Waals surface area (Å²) >= 11 is 0. The van der Waals surface area contributed by atoms with Gasteiger partial charge in [-0.2, -0.15) is 0 Å². The fourth-order valence-electron chi connectivity index (χ4n) is 4.03. The molecule has 1 fully saturated rings. The number of carbonyl (C=O) groups excluding carboxylic acids is 2. The summed E-state index contributed by atoms with van der Waals surface area (Å²) in [5.41, 5.74) is 3.28. The second kappa shape index (κ2) is 10.5. The van der Waals surface area contributed by atoms with Gasteiger partial charge in [0.15, 0.2) is 0 Å². The molecular weight excluding hydrogens is 416 g/mol. The number of hydrogen-bond donors (Lipinski definition) is 1. The van der Waals surface area contributed by atoms with Crippen LogP contribution in [0.15, 0.2) is 60.7 Å². The topological polar surface area (TPSA) is 70.1 Å². The summed E-state index contributed by atoms with van der Waals surface area (Å²) in [5.74, 6) is -0.741. The van der Waals surface area contributed by atoms with Crippen molar-refractivity contribution in [2.24, 2.45) is 0 Å². The summed E-state index contributed by atoms with van der Waals surface area (Å²) in [4.78, 5) is 29.7. The van der Waals surface area contributed by atoms with Gasteiger partial charge in [-0.15, -0.1) is 0 Å². The summed E-state index contributed by atoms with van der Waals surface area (Å²) in [6.07, 6.45) is 2.38. The van der Waals surface area contributed by atoms with Crippen LogP contribution in [0, 0.1) is 13.8 Å². The molecule has 174 valence electrons. The zero-order valence-electron chi connectivity index (χ0n) is 19.8. The molecular formula is C27H32N2O4. The lowest BCUT2D eigenvalue weighted by molar-refractivity contribution is -0.139. The van der Waals surface area contributed by atoms with Crippen molar-refractivity contribution in [3.05, 3.63) is 82.9 Å². The van der Waals surface area contributed by atoms with E-state index in [1.165, 1.54) is 0 Å². The van der Waals surface area contributed by atoms with Gasteiger partial charge in [-0.25, -0.2) is 0 Å². The van der Waals surface area contributed by atoms with E-state index >= 15 is 0 Å². The maximum Gasteiger partial charge on any atom is 0.295 e. The van der Waals surface area contributed by atoms with Crippen molar-refractivity contribution in [1.29, 1.82) is 0 Å². The van der Waals surface area contributed by atoms with E-state index in [1.807, 2.05) is 57.1 Å². The van der Waals surface area contributed by atoms with Gasteiger partial charge in [0.05, 0.1) is 11.6 Å². The van der Waals surface area contributed by atoms with Gasteiger partial charge in [0.25, 0.3) is 11.7 Å². The maximum absolute atomic E-state index is 13.1. The van der Waals surface area contributed by atoms with Gasteiger partial charge < -0.3 is 19.6 Å². The van der Waals surface area contributed by atoms with Crippen molar-refractivity contribution in [1.82, 2.24) is 9.80 Å². The van der Waals surface area contributed by atoms with Crippen LogP contribution in [0.3, 0.4) is 0 Å². The normalized spacial score (nSPS) is 17.6. The molecule has 0 saturated carbocycles. The van der Waals surface area contributed by atoms with Crippen molar-refractivity contribution >= 4 is 17.4 Å². The van der Waals surface area contributed by atoms with Crippen molar-refractivity contribution < 1.29 is 19.4 Å². The molecule has 1 aliphatic rings. The number of aryl methyl sites for hydroxylation is 2. The lowest BCUT2D eigenvalue weighted by Crippen LogP contribution is -2.32. The molecule has 0 unspecified atom stereocenters. The summed E-state index contributed by atoms with van der Waals surface area (Å²) in [7, 11) is 3.94. The van der Waals surface area contributed by atoms with Crippen LogP contribution in [-0.2, 0) is 9.59 Å². The molecule has 1 aliphatic heterocycles. The molecule has 2 aromatic carbocycles. The Balaban J connectivity index is 2.06. The first kappa shape index (κ1) is 24.3. The number of ether oxygens (including phenoxy) is 1. The third-order valence-electron chi connectivity index (χ3n) is 5.74. The largest absolute Gasteiger partial charge is 0.507 e. The van der Waals surface area contributed by atoms with Gasteiger partial charge in [0.1, 0.15) is 18.1 Å². The van der Waals surface area contributed by atoms with E-state index in [2.05, 4.69) is 6.58 Å². The molecule has 0 aliphatic carbocycles. The van der Waals surface area contributed by atoms with Crippen LogP contribution < -0.4 is 4.74 Å². The molecule has 6 nitrogen and oxygen atoms in total. The van der Waals surface area contributed by atoms with E-state index < -0.39 is 17.7 Å². The Morgan fingerprint density at radius 1 is 1.15 bits per heavy atom. The van der Waals surface area contributed by atoms with Crippen LogP contribution >= 0.6 is 0 Å². The maximum atomic E-state index is 13.1. The van der Waals surface area contributed by atoms with Crippen molar-refractivity contribution in [2.75, 3.05) is 33.8 Å². The summed E-state index contributed by atoms with van der Waals surface area (Å²) in [5, 5.41) is 11.2. The second-order valence-corrected chi connectivity index (χ2v) is 8.64. The van der Waals surface area contributed by atoms with Gasteiger partial charge in [-0.1, -0.05) is 42.5 Å². The van der Waals surface area contributed by atoms with Crippen LogP contribution in [0.1, 0.15) is 34.7 Å². The molecule has 0 bridgehead atoms. The first-order valence-electron chi connectivity index (χ1n) is 11.1.